The molecule has 1 amide bonds. The molecule has 3 N–H and O–H groups in total. The number of sulfone groups is 1. The van der Waals surface area contributed by atoms with Crippen molar-refractivity contribution in [3.63, 3.8) is 0 Å². The number of nitrogens with zero attached hydrogens (tertiary/aromatic N) is 3. The van der Waals surface area contributed by atoms with Crippen LogP contribution < -0.4 is 15.6 Å². The first-order chi connectivity index (χ1) is 21.1. The van der Waals surface area contributed by atoms with Crippen LogP contribution in [-0.2, 0) is 19.4 Å². The first-order valence-electron chi connectivity index (χ1n) is 14.2. The molecule has 4 aromatic rings. The van der Waals surface area contributed by atoms with Crippen LogP contribution in [0.5, 0.6) is 5.75 Å². The highest BCUT2D eigenvalue weighted by Gasteiger charge is 2.48. The Morgan fingerprint density at radius 3 is 2.57 bits per heavy atom. The van der Waals surface area contributed by atoms with Crippen LogP contribution in [0.25, 0.3) is 10.8 Å². The van der Waals surface area contributed by atoms with Crippen molar-refractivity contribution in [1.82, 2.24) is 9.88 Å². The average Bonchev–Trinajstić information content (AvgIpc) is 3.80. The van der Waals surface area contributed by atoms with E-state index in [4.69, 9.17) is 10.6 Å². The Kier molecular flexibility index (Phi) is 7.72. The van der Waals surface area contributed by atoms with E-state index in [1.807, 2.05) is 6.07 Å². The van der Waals surface area contributed by atoms with Gasteiger partial charge in [-0.3, -0.25) is 19.6 Å². The highest BCUT2D eigenvalue weighted by Crippen LogP contribution is 2.45. The van der Waals surface area contributed by atoms with Gasteiger partial charge in [0.05, 0.1) is 34.9 Å². The number of halogens is 1. The number of anilines is 1. The van der Waals surface area contributed by atoms with Crippen LogP contribution in [0.4, 0.5) is 10.1 Å². The third-order valence-corrected chi connectivity index (χ3v) is 10.8. The molecule has 1 saturated carbocycles. The second-order valence-electron chi connectivity index (χ2n) is 11.1. The largest absolute Gasteiger partial charge is 0.494 e. The summed E-state index contributed by atoms with van der Waals surface area (Å²) in [7, 11) is -2.42. The lowest BCUT2D eigenvalue weighted by Crippen LogP contribution is -2.47. The third-order valence-electron chi connectivity index (χ3n) is 8.43. The average molecular weight is 619 g/mol. The molecular formula is C32H31FN4O6S. The summed E-state index contributed by atoms with van der Waals surface area (Å²) in [6.07, 6.45) is 4.50. The number of likely N-dealkylation sites (tertiary alicyclic amines) is 1. The highest BCUT2D eigenvalue weighted by atomic mass is 32.2. The van der Waals surface area contributed by atoms with Gasteiger partial charge in [-0.15, -0.1) is 0 Å². The van der Waals surface area contributed by atoms with E-state index >= 15 is 0 Å². The zero-order valence-corrected chi connectivity index (χ0v) is 24.7. The van der Waals surface area contributed by atoms with Crippen molar-refractivity contribution in [2.24, 2.45) is 11.8 Å². The maximum absolute atomic E-state index is 14.7. The number of hydrogen-bond donors (Lipinski definition) is 2. The summed E-state index contributed by atoms with van der Waals surface area (Å²) in [5.41, 5.74) is 1.03. The van der Waals surface area contributed by atoms with Crippen LogP contribution in [0, 0.1) is 11.7 Å². The van der Waals surface area contributed by atoms with E-state index in [-0.39, 0.29) is 29.2 Å². The summed E-state index contributed by atoms with van der Waals surface area (Å²) in [5, 5.41) is 12.6. The Labute approximate surface area is 253 Å². The van der Waals surface area contributed by atoms with Crippen molar-refractivity contribution in [2.75, 3.05) is 18.7 Å². The number of hydrazine groups is 1. The molecule has 1 aliphatic carbocycles. The number of ether oxygens (including phenoxy) is 1. The number of fused-ring (bicyclic) bond motifs is 1. The van der Waals surface area contributed by atoms with Crippen molar-refractivity contribution in [1.29, 1.82) is 0 Å². The topological polar surface area (TPSA) is 143 Å². The predicted octanol–water partition coefficient (Wildman–Crippen LogP) is 4.41. The van der Waals surface area contributed by atoms with Crippen LogP contribution >= 0.6 is 0 Å². The van der Waals surface area contributed by atoms with E-state index in [9.17, 15) is 27.5 Å². The molecule has 0 radical (unpaired) electrons. The molecule has 2 heterocycles. The Balaban J connectivity index is 1.47. The van der Waals surface area contributed by atoms with Crippen LogP contribution in [0.2, 0.25) is 0 Å². The predicted molar refractivity (Wildman–Crippen MR) is 161 cm³/mol. The maximum Gasteiger partial charge on any atom is 0.309 e. The first kappa shape index (κ1) is 29.5. The number of aliphatic carboxylic acids is 1. The normalized spacial score (nSPS) is 19.1. The Bertz CT molecular complexity index is 1860. The van der Waals surface area contributed by atoms with E-state index in [0.29, 0.717) is 24.1 Å². The Hall–Kier alpha value is -4.55. The quantitative estimate of drug-likeness (QED) is 0.206. The molecule has 228 valence electrons. The van der Waals surface area contributed by atoms with Gasteiger partial charge in [0.15, 0.2) is 21.4 Å². The fourth-order valence-electron chi connectivity index (χ4n) is 6.03. The molecule has 6 rings (SSSR count). The van der Waals surface area contributed by atoms with Crippen molar-refractivity contribution >= 4 is 38.2 Å². The number of hydrogen-bond acceptors (Lipinski definition) is 8. The summed E-state index contributed by atoms with van der Waals surface area (Å²) in [6.45, 7) is 0.0460. The standard InChI is InChI=1S/C32H31FN4O6S/c1-43-27-17-20(7-11-26(27)33)29(37(34)22-8-6-21-18-35-14-12-19(21)16-22)31(38)36-15-13-25(32(39)40)30(36)24-4-2-3-5-28(24)44(41,42)23-9-10-23/h2-8,11-12,14,16-18,23,25,29-30H,9-10,13,15,34H2,1H3,(H,39,40)/t25?,29-,30?/m1/s1. The maximum atomic E-state index is 14.7. The van der Waals surface area contributed by atoms with E-state index in [1.165, 1.54) is 41.3 Å². The number of carbonyl (C=O) groups is 2. The number of nitrogens with two attached hydrogens (primary N) is 1. The van der Waals surface area contributed by atoms with E-state index in [2.05, 4.69) is 4.98 Å². The number of benzene rings is 3. The zero-order chi connectivity index (χ0) is 31.2. The number of carbonyl (C=O) groups excluding carboxylic acids is 1. The summed E-state index contributed by atoms with van der Waals surface area (Å²) in [4.78, 5) is 32.8. The van der Waals surface area contributed by atoms with Crippen molar-refractivity contribution < 1.29 is 32.2 Å². The molecule has 12 heteroatoms. The number of amides is 1. The SMILES string of the molecule is COc1cc([C@H](C(=O)N2CCC(C(=O)O)C2c2ccccc2S(=O)(=O)C2CC2)N(N)c2ccc3cnccc3c2)ccc1F. The smallest absolute Gasteiger partial charge is 0.309 e. The van der Waals surface area contributed by atoms with Gasteiger partial charge in [0.25, 0.3) is 5.91 Å². The minimum atomic E-state index is -3.73. The van der Waals surface area contributed by atoms with Crippen LogP contribution in [0.3, 0.4) is 0 Å². The molecule has 1 aromatic heterocycles. The van der Waals surface area contributed by atoms with Gasteiger partial charge in [0, 0.05) is 24.3 Å². The van der Waals surface area contributed by atoms with E-state index in [0.717, 1.165) is 10.8 Å². The van der Waals surface area contributed by atoms with E-state index < -0.39 is 50.8 Å². The molecule has 2 unspecified atom stereocenters. The molecule has 44 heavy (non-hydrogen) atoms. The third kappa shape index (κ3) is 5.24. The Morgan fingerprint density at radius 2 is 1.84 bits per heavy atom. The van der Waals surface area contributed by atoms with Crippen molar-refractivity contribution in [3.05, 3.63) is 96.1 Å². The van der Waals surface area contributed by atoms with Crippen molar-refractivity contribution in [3.8, 4) is 5.75 Å². The lowest BCUT2D eigenvalue weighted by molar-refractivity contribution is -0.143. The van der Waals surface area contributed by atoms with Gasteiger partial charge < -0.3 is 14.7 Å². The first-order valence-corrected chi connectivity index (χ1v) is 15.7. The number of carboxylic acids is 1. The lowest BCUT2D eigenvalue weighted by Gasteiger charge is -2.36. The number of rotatable bonds is 9. The fourth-order valence-corrected chi connectivity index (χ4v) is 7.93. The molecule has 10 nitrogen and oxygen atoms in total. The summed E-state index contributed by atoms with van der Waals surface area (Å²) in [6, 6.07) is 15.1. The molecule has 2 aliphatic rings. The number of carboxylic acid groups (broad SMARTS) is 1. The minimum Gasteiger partial charge on any atom is -0.494 e. The molecule has 1 aliphatic heterocycles. The summed E-state index contributed by atoms with van der Waals surface area (Å²) in [5.74, 6) is 3.22. The fraction of sp³-hybridized carbons (Fsp3) is 0.281. The highest BCUT2D eigenvalue weighted by molar-refractivity contribution is 7.92. The molecule has 0 bridgehead atoms. The monoisotopic (exact) mass is 618 g/mol. The summed E-state index contributed by atoms with van der Waals surface area (Å²) >= 11 is 0. The van der Waals surface area contributed by atoms with Crippen LogP contribution in [0.1, 0.15) is 42.5 Å². The molecular weight excluding hydrogens is 587 g/mol. The second kappa shape index (κ2) is 11.5. The second-order valence-corrected chi connectivity index (χ2v) is 13.3. The molecule has 3 aromatic carbocycles. The van der Waals surface area contributed by atoms with Crippen LogP contribution in [0.15, 0.2) is 84.0 Å². The molecule has 2 fully saturated rings. The lowest BCUT2D eigenvalue weighted by atomic mass is 9.93. The zero-order valence-electron chi connectivity index (χ0n) is 23.8. The van der Waals surface area contributed by atoms with Crippen LogP contribution in [-0.4, -0.2) is 54.2 Å². The van der Waals surface area contributed by atoms with Gasteiger partial charge in [-0.2, -0.15) is 0 Å². The number of aromatic nitrogens is 1. The molecule has 0 spiro atoms. The Morgan fingerprint density at radius 1 is 1.07 bits per heavy atom. The van der Waals surface area contributed by atoms with Gasteiger partial charge in [-0.1, -0.05) is 30.3 Å². The summed E-state index contributed by atoms with van der Waals surface area (Å²) < 4.78 is 46.6. The molecule has 1 saturated heterocycles. The number of methoxy groups -OCH3 is 1. The van der Waals surface area contributed by atoms with Gasteiger partial charge in [0.2, 0.25) is 0 Å². The number of pyridine rings is 1. The van der Waals surface area contributed by atoms with Gasteiger partial charge in [-0.05, 0) is 72.2 Å². The molecule has 3 atom stereocenters. The van der Waals surface area contributed by atoms with Gasteiger partial charge >= 0.3 is 5.97 Å². The van der Waals surface area contributed by atoms with Gasteiger partial charge in [0.1, 0.15) is 6.04 Å². The van der Waals surface area contributed by atoms with Crippen molar-refractivity contribution in [2.45, 2.75) is 41.5 Å². The minimum absolute atomic E-state index is 0.0335. The van der Waals surface area contributed by atoms with E-state index in [1.54, 1.807) is 48.8 Å². The van der Waals surface area contributed by atoms with Gasteiger partial charge in [-0.25, -0.2) is 18.7 Å².